The summed E-state index contributed by atoms with van der Waals surface area (Å²) in [5, 5.41) is 3.76. The minimum Gasteiger partial charge on any atom is -0.420 e. The summed E-state index contributed by atoms with van der Waals surface area (Å²) in [6.45, 7) is 0. The Kier molecular flexibility index (Phi) is 2.78. The van der Waals surface area contributed by atoms with Crippen LogP contribution in [0.25, 0.3) is 0 Å². The molecule has 1 heterocycles. The Morgan fingerprint density at radius 1 is 1.44 bits per heavy atom. The molecule has 0 aliphatic rings. The minimum absolute atomic E-state index is 0.00239. The molecule has 0 fully saturated rings. The third-order valence-electron chi connectivity index (χ3n) is 1.78. The van der Waals surface area contributed by atoms with Crippen molar-refractivity contribution in [2.45, 2.75) is 0 Å². The first kappa shape index (κ1) is 10.5. The van der Waals surface area contributed by atoms with Crippen LogP contribution in [-0.4, -0.2) is 11.1 Å². The van der Waals surface area contributed by atoms with Gasteiger partial charge in [-0.25, -0.2) is 4.79 Å². The Balaban J connectivity index is 2.17. The van der Waals surface area contributed by atoms with Gasteiger partial charge < -0.3 is 15.0 Å². The zero-order valence-corrected chi connectivity index (χ0v) is 8.77. The van der Waals surface area contributed by atoms with Gasteiger partial charge in [0.15, 0.2) is 5.69 Å². The van der Waals surface area contributed by atoms with Crippen LogP contribution in [0.15, 0.2) is 34.9 Å². The molecule has 16 heavy (non-hydrogen) atoms. The zero-order chi connectivity index (χ0) is 11.5. The number of rotatable bonds is 2. The molecule has 2 rings (SSSR count). The molecule has 2 aromatic rings. The van der Waals surface area contributed by atoms with E-state index < -0.39 is 5.97 Å². The van der Waals surface area contributed by atoms with E-state index in [-0.39, 0.29) is 17.3 Å². The molecule has 0 radical (unpaired) electrons. The third kappa shape index (κ3) is 2.14. The van der Waals surface area contributed by atoms with Crippen molar-refractivity contribution < 1.29 is 14.1 Å². The number of esters is 1. The van der Waals surface area contributed by atoms with Gasteiger partial charge >= 0.3 is 5.97 Å². The van der Waals surface area contributed by atoms with Crippen molar-refractivity contribution in [1.29, 1.82) is 0 Å². The number of ether oxygens (including phenoxy) is 1. The molecule has 0 unspecified atom stereocenters. The number of carbonyl (C=O) groups excluding carboxylic acids is 1. The predicted octanol–water partition coefficient (Wildman–Crippen LogP) is 2.13. The van der Waals surface area contributed by atoms with Crippen LogP contribution < -0.4 is 10.5 Å². The predicted molar refractivity (Wildman–Crippen MR) is 57.3 cm³/mol. The Morgan fingerprint density at radius 3 is 2.81 bits per heavy atom. The fourth-order valence-electron chi connectivity index (χ4n) is 1.07. The lowest BCUT2D eigenvalue weighted by molar-refractivity contribution is 0.0724. The van der Waals surface area contributed by atoms with Crippen molar-refractivity contribution in [3.05, 3.63) is 41.0 Å². The van der Waals surface area contributed by atoms with E-state index in [0.717, 1.165) is 0 Å². The highest BCUT2D eigenvalue weighted by Crippen LogP contribution is 2.24. The molecule has 6 heteroatoms. The normalized spacial score (nSPS) is 10.1. The van der Waals surface area contributed by atoms with Gasteiger partial charge in [0.05, 0.1) is 5.02 Å². The summed E-state index contributed by atoms with van der Waals surface area (Å²) in [4.78, 5) is 11.5. The van der Waals surface area contributed by atoms with Gasteiger partial charge in [-0.05, 0) is 12.1 Å². The summed E-state index contributed by atoms with van der Waals surface area (Å²) in [6, 6.07) is 7.89. The first-order chi connectivity index (χ1) is 7.66. The number of benzene rings is 1. The number of anilines is 1. The Labute approximate surface area is 95.7 Å². The Hall–Kier alpha value is -2.01. The molecule has 0 bridgehead atoms. The zero-order valence-electron chi connectivity index (χ0n) is 8.01. The maximum Gasteiger partial charge on any atom is 0.366 e. The maximum absolute atomic E-state index is 11.5. The van der Waals surface area contributed by atoms with E-state index in [0.29, 0.717) is 5.02 Å². The second kappa shape index (κ2) is 4.24. The smallest absolute Gasteiger partial charge is 0.366 e. The molecule has 0 spiro atoms. The van der Waals surface area contributed by atoms with Gasteiger partial charge in [0.1, 0.15) is 5.75 Å². The molecule has 2 N–H and O–H groups in total. The largest absolute Gasteiger partial charge is 0.420 e. The molecule has 82 valence electrons. The van der Waals surface area contributed by atoms with Gasteiger partial charge in [-0.3, -0.25) is 0 Å². The van der Waals surface area contributed by atoms with Gasteiger partial charge in [-0.2, -0.15) is 0 Å². The number of hydrogen-bond donors (Lipinski definition) is 1. The van der Waals surface area contributed by atoms with Gasteiger partial charge in [-0.1, -0.05) is 28.9 Å². The first-order valence-corrected chi connectivity index (χ1v) is 4.73. The number of hydrogen-bond acceptors (Lipinski definition) is 5. The fourth-order valence-corrected chi connectivity index (χ4v) is 1.24. The van der Waals surface area contributed by atoms with E-state index >= 15 is 0 Å². The van der Waals surface area contributed by atoms with Crippen LogP contribution in [0.5, 0.6) is 5.75 Å². The Bertz CT molecular complexity index is 524. The first-order valence-electron chi connectivity index (χ1n) is 4.36. The maximum atomic E-state index is 11.5. The van der Waals surface area contributed by atoms with Crippen molar-refractivity contribution >= 4 is 23.5 Å². The Morgan fingerprint density at radius 2 is 2.19 bits per heavy atom. The summed E-state index contributed by atoms with van der Waals surface area (Å²) in [6.07, 6.45) is 0. The van der Waals surface area contributed by atoms with Crippen LogP contribution in [0.4, 0.5) is 5.88 Å². The van der Waals surface area contributed by atoms with Crippen LogP contribution in [0.3, 0.4) is 0 Å². The summed E-state index contributed by atoms with van der Waals surface area (Å²) in [7, 11) is 0. The van der Waals surface area contributed by atoms with Crippen molar-refractivity contribution in [3.63, 3.8) is 0 Å². The monoisotopic (exact) mass is 238 g/mol. The summed E-state index contributed by atoms with van der Waals surface area (Å²) in [5.41, 5.74) is 5.27. The van der Waals surface area contributed by atoms with Crippen molar-refractivity contribution in [2.75, 3.05) is 5.73 Å². The van der Waals surface area contributed by atoms with E-state index in [1.807, 2.05) is 0 Å². The fraction of sp³-hybridized carbons (Fsp3) is 0. The van der Waals surface area contributed by atoms with Crippen LogP contribution in [0.2, 0.25) is 5.02 Å². The van der Waals surface area contributed by atoms with E-state index in [2.05, 4.69) is 9.68 Å². The lowest BCUT2D eigenvalue weighted by atomic mass is 10.3. The second-order valence-corrected chi connectivity index (χ2v) is 3.34. The lowest BCUT2D eigenvalue weighted by Crippen LogP contribution is -2.08. The number of nitrogen functional groups attached to an aromatic ring is 1. The van der Waals surface area contributed by atoms with Crippen molar-refractivity contribution in [3.8, 4) is 5.75 Å². The topological polar surface area (TPSA) is 78.4 Å². The van der Waals surface area contributed by atoms with Crippen LogP contribution >= 0.6 is 11.6 Å². The molecule has 0 saturated carbocycles. The summed E-state index contributed by atoms with van der Waals surface area (Å²) < 4.78 is 9.54. The van der Waals surface area contributed by atoms with Gasteiger partial charge in [0, 0.05) is 6.07 Å². The van der Waals surface area contributed by atoms with E-state index in [1.54, 1.807) is 24.3 Å². The van der Waals surface area contributed by atoms with Crippen LogP contribution in [-0.2, 0) is 0 Å². The SMILES string of the molecule is Nc1cc(C(=O)Oc2ccccc2Cl)no1. The number of halogens is 1. The number of carbonyl (C=O) groups is 1. The van der Waals surface area contributed by atoms with E-state index in [1.165, 1.54) is 6.07 Å². The lowest BCUT2D eigenvalue weighted by Gasteiger charge is -2.02. The molecule has 0 saturated heterocycles. The molecule has 5 nitrogen and oxygen atoms in total. The molecule has 0 aliphatic carbocycles. The van der Waals surface area contributed by atoms with Gasteiger partial charge in [0.25, 0.3) is 0 Å². The molecular formula is C10H7ClN2O3. The number of aromatic nitrogens is 1. The average Bonchev–Trinajstić information content (AvgIpc) is 2.68. The molecule has 0 atom stereocenters. The van der Waals surface area contributed by atoms with Crippen LogP contribution in [0.1, 0.15) is 10.5 Å². The average molecular weight is 239 g/mol. The van der Waals surface area contributed by atoms with Crippen molar-refractivity contribution in [2.24, 2.45) is 0 Å². The molecule has 0 aliphatic heterocycles. The number of nitrogens with two attached hydrogens (primary N) is 1. The highest BCUT2D eigenvalue weighted by molar-refractivity contribution is 6.32. The highest BCUT2D eigenvalue weighted by atomic mass is 35.5. The molecule has 1 aromatic carbocycles. The minimum atomic E-state index is -0.673. The van der Waals surface area contributed by atoms with Gasteiger partial charge in [0.2, 0.25) is 5.88 Å². The molecular weight excluding hydrogens is 232 g/mol. The third-order valence-corrected chi connectivity index (χ3v) is 2.09. The van der Waals surface area contributed by atoms with Crippen molar-refractivity contribution in [1.82, 2.24) is 5.16 Å². The quantitative estimate of drug-likeness (QED) is 0.641. The van der Waals surface area contributed by atoms with E-state index in [9.17, 15) is 4.79 Å². The number of para-hydroxylation sites is 1. The number of nitrogens with zero attached hydrogens (tertiary/aromatic N) is 1. The summed E-state index contributed by atoms with van der Waals surface area (Å²) >= 11 is 5.82. The van der Waals surface area contributed by atoms with Crippen LogP contribution in [0, 0.1) is 0 Å². The standard InChI is InChI=1S/C10H7ClN2O3/c11-6-3-1-2-4-8(6)15-10(14)7-5-9(12)16-13-7/h1-5H,12H2. The summed E-state index contributed by atoms with van der Waals surface area (Å²) in [5.74, 6) is -0.365. The second-order valence-electron chi connectivity index (χ2n) is 2.93. The van der Waals surface area contributed by atoms with E-state index in [4.69, 9.17) is 22.1 Å². The molecule has 0 amide bonds. The molecule has 1 aromatic heterocycles. The van der Waals surface area contributed by atoms with Gasteiger partial charge in [-0.15, -0.1) is 0 Å². The highest BCUT2D eigenvalue weighted by Gasteiger charge is 2.14.